The molecular formula is C26H34N2O4S. The molecule has 0 spiro atoms. The van der Waals surface area contributed by atoms with E-state index in [-0.39, 0.29) is 49.3 Å². The molecule has 1 aromatic carbocycles. The van der Waals surface area contributed by atoms with Crippen molar-refractivity contribution in [1.82, 2.24) is 9.80 Å². The summed E-state index contributed by atoms with van der Waals surface area (Å²) < 4.78 is 4.95. The number of ether oxygens (including phenoxy) is 1. The first-order valence-corrected chi connectivity index (χ1v) is 12.6. The number of fused-ring (bicyclic) bond motifs is 1. The lowest BCUT2D eigenvalue weighted by Crippen LogP contribution is -2.49. The van der Waals surface area contributed by atoms with Gasteiger partial charge in [-0.05, 0) is 61.7 Å². The van der Waals surface area contributed by atoms with Crippen LogP contribution in [-0.2, 0) is 25.5 Å². The van der Waals surface area contributed by atoms with Crippen molar-refractivity contribution >= 4 is 29.1 Å². The molecule has 2 heterocycles. The van der Waals surface area contributed by atoms with E-state index in [4.69, 9.17) is 4.74 Å². The van der Waals surface area contributed by atoms with Crippen molar-refractivity contribution < 1.29 is 19.1 Å². The van der Waals surface area contributed by atoms with Gasteiger partial charge in [0.1, 0.15) is 6.54 Å². The Bertz CT molecular complexity index is 986. The molecule has 1 aromatic heterocycles. The van der Waals surface area contributed by atoms with Gasteiger partial charge in [0.15, 0.2) is 0 Å². The monoisotopic (exact) mass is 470 g/mol. The molecule has 0 N–H and O–H groups in total. The van der Waals surface area contributed by atoms with E-state index in [1.54, 1.807) is 23.2 Å². The van der Waals surface area contributed by atoms with Gasteiger partial charge in [0.2, 0.25) is 11.8 Å². The van der Waals surface area contributed by atoms with Gasteiger partial charge in [-0.25, -0.2) is 0 Å². The van der Waals surface area contributed by atoms with Crippen LogP contribution in [0.1, 0.15) is 67.6 Å². The third-order valence-electron chi connectivity index (χ3n) is 6.37. The van der Waals surface area contributed by atoms with Crippen molar-refractivity contribution in [2.24, 2.45) is 0 Å². The Kier molecular flexibility index (Phi) is 8.67. The van der Waals surface area contributed by atoms with Crippen LogP contribution in [0.25, 0.3) is 0 Å². The Labute approximate surface area is 200 Å². The predicted molar refractivity (Wildman–Crippen MR) is 130 cm³/mol. The summed E-state index contributed by atoms with van der Waals surface area (Å²) in [4.78, 5) is 43.2. The zero-order chi connectivity index (χ0) is 24.0. The van der Waals surface area contributed by atoms with Crippen LogP contribution in [0.4, 0.5) is 0 Å². The van der Waals surface area contributed by atoms with Crippen LogP contribution in [-0.4, -0.2) is 53.3 Å². The van der Waals surface area contributed by atoms with E-state index in [1.165, 1.54) is 10.4 Å². The number of nitrogens with zero attached hydrogens (tertiary/aromatic N) is 2. The standard InChI is InChI=1S/C26H34N2O4S/c1-5-19(4)28(23(29)11-12-25(31)32-6-2)17-24(30)27-15-13-22-21(14-16-33-22)26(27)20-10-8-7-9-18(20)3/h7-10,14,16,19,26H,5-6,11-13,15,17H2,1-4H3/t19-,26-/m1/s1. The first-order valence-electron chi connectivity index (χ1n) is 11.7. The third kappa shape index (κ3) is 5.82. The molecule has 0 fully saturated rings. The summed E-state index contributed by atoms with van der Waals surface area (Å²) in [7, 11) is 0. The van der Waals surface area contributed by atoms with Crippen molar-refractivity contribution in [3.8, 4) is 0 Å². The Hall–Kier alpha value is -2.67. The third-order valence-corrected chi connectivity index (χ3v) is 7.36. The van der Waals surface area contributed by atoms with Gasteiger partial charge in [-0.3, -0.25) is 14.4 Å². The molecule has 0 unspecified atom stereocenters. The SMILES string of the molecule is CCOC(=O)CCC(=O)N(CC(=O)N1CCc2sccc2[C@H]1c1ccccc1C)[C@H](C)CC. The van der Waals surface area contributed by atoms with E-state index in [0.29, 0.717) is 13.2 Å². The van der Waals surface area contributed by atoms with E-state index in [0.717, 1.165) is 24.0 Å². The molecule has 3 rings (SSSR count). The quantitative estimate of drug-likeness (QED) is 0.506. The zero-order valence-corrected chi connectivity index (χ0v) is 20.8. The molecule has 2 aromatic rings. The van der Waals surface area contributed by atoms with Crippen molar-refractivity contribution in [3.05, 3.63) is 57.3 Å². The number of carbonyl (C=O) groups is 3. The summed E-state index contributed by atoms with van der Waals surface area (Å²) in [6.07, 6.45) is 1.63. The normalized spacial score (nSPS) is 16.1. The molecule has 2 amide bonds. The van der Waals surface area contributed by atoms with Gasteiger partial charge in [-0.2, -0.15) is 0 Å². The minimum absolute atomic E-state index is 0.0124. The van der Waals surface area contributed by atoms with Gasteiger partial charge in [-0.15, -0.1) is 11.3 Å². The van der Waals surface area contributed by atoms with Crippen LogP contribution < -0.4 is 0 Å². The number of hydrogen-bond acceptors (Lipinski definition) is 5. The molecule has 0 saturated carbocycles. The Balaban J connectivity index is 1.82. The first-order chi connectivity index (χ1) is 15.9. The summed E-state index contributed by atoms with van der Waals surface area (Å²) in [5, 5.41) is 2.09. The lowest BCUT2D eigenvalue weighted by molar-refractivity contribution is -0.147. The van der Waals surface area contributed by atoms with Gasteiger partial charge < -0.3 is 14.5 Å². The lowest BCUT2D eigenvalue weighted by atomic mass is 9.90. The molecule has 1 aliphatic rings. The number of carbonyl (C=O) groups excluding carboxylic acids is 3. The van der Waals surface area contributed by atoms with E-state index in [1.807, 2.05) is 30.9 Å². The maximum absolute atomic E-state index is 13.6. The average Bonchev–Trinajstić information content (AvgIpc) is 3.29. The van der Waals surface area contributed by atoms with Crippen LogP contribution in [0.15, 0.2) is 35.7 Å². The molecule has 33 heavy (non-hydrogen) atoms. The highest BCUT2D eigenvalue weighted by molar-refractivity contribution is 7.10. The van der Waals surface area contributed by atoms with Gasteiger partial charge in [-0.1, -0.05) is 31.2 Å². The second kappa shape index (κ2) is 11.5. The van der Waals surface area contributed by atoms with E-state index >= 15 is 0 Å². The minimum Gasteiger partial charge on any atom is -0.466 e. The number of esters is 1. The molecule has 0 bridgehead atoms. The van der Waals surface area contributed by atoms with Gasteiger partial charge in [0.05, 0.1) is 19.1 Å². The topological polar surface area (TPSA) is 66.9 Å². The summed E-state index contributed by atoms with van der Waals surface area (Å²) in [6.45, 7) is 8.68. The summed E-state index contributed by atoms with van der Waals surface area (Å²) in [6, 6.07) is 10.1. The maximum atomic E-state index is 13.6. The molecule has 178 valence electrons. The highest BCUT2D eigenvalue weighted by Gasteiger charge is 2.35. The molecular weight excluding hydrogens is 436 g/mol. The molecule has 2 atom stereocenters. The molecule has 1 aliphatic heterocycles. The Morgan fingerprint density at radius 1 is 1.15 bits per heavy atom. The number of hydrogen-bond donors (Lipinski definition) is 0. The van der Waals surface area contributed by atoms with E-state index < -0.39 is 0 Å². The van der Waals surface area contributed by atoms with E-state index in [2.05, 4.69) is 30.5 Å². The zero-order valence-electron chi connectivity index (χ0n) is 20.0. The molecule has 0 radical (unpaired) electrons. The first kappa shape index (κ1) is 25.0. The minimum atomic E-state index is -0.387. The number of rotatable bonds is 9. The van der Waals surface area contributed by atoms with Gasteiger partial charge in [0, 0.05) is 23.9 Å². The fourth-order valence-corrected chi connectivity index (χ4v) is 5.25. The number of amides is 2. The maximum Gasteiger partial charge on any atom is 0.306 e. The van der Waals surface area contributed by atoms with E-state index in [9.17, 15) is 14.4 Å². The summed E-state index contributed by atoms with van der Waals surface area (Å²) >= 11 is 1.74. The molecule has 7 heteroatoms. The second-order valence-electron chi connectivity index (χ2n) is 8.48. The highest BCUT2D eigenvalue weighted by Crippen LogP contribution is 2.39. The van der Waals surface area contributed by atoms with Crippen molar-refractivity contribution in [1.29, 1.82) is 0 Å². The number of aryl methyl sites for hydroxylation is 1. The summed E-state index contributed by atoms with van der Waals surface area (Å²) in [5.74, 6) is -0.641. The predicted octanol–water partition coefficient (Wildman–Crippen LogP) is 4.50. The fraction of sp³-hybridized carbons (Fsp3) is 0.500. The van der Waals surface area contributed by atoms with Crippen LogP contribution >= 0.6 is 11.3 Å². The lowest BCUT2D eigenvalue weighted by Gasteiger charge is -2.39. The largest absolute Gasteiger partial charge is 0.466 e. The van der Waals surface area contributed by atoms with Crippen LogP contribution in [0.2, 0.25) is 0 Å². The van der Waals surface area contributed by atoms with Crippen LogP contribution in [0.5, 0.6) is 0 Å². The number of thiophene rings is 1. The average molecular weight is 471 g/mol. The molecule has 0 aliphatic carbocycles. The Morgan fingerprint density at radius 2 is 1.91 bits per heavy atom. The van der Waals surface area contributed by atoms with Crippen LogP contribution in [0.3, 0.4) is 0 Å². The molecule has 0 saturated heterocycles. The second-order valence-corrected chi connectivity index (χ2v) is 9.48. The van der Waals surface area contributed by atoms with Crippen LogP contribution in [0, 0.1) is 6.92 Å². The van der Waals surface area contributed by atoms with Gasteiger partial charge >= 0.3 is 5.97 Å². The number of benzene rings is 1. The van der Waals surface area contributed by atoms with Crippen molar-refractivity contribution in [2.45, 2.75) is 65.5 Å². The summed E-state index contributed by atoms with van der Waals surface area (Å²) in [5.41, 5.74) is 3.44. The van der Waals surface area contributed by atoms with Crippen molar-refractivity contribution in [2.75, 3.05) is 19.7 Å². The van der Waals surface area contributed by atoms with Crippen molar-refractivity contribution in [3.63, 3.8) is 0 Å². The highest BCUT2D eigenvalue weighted by atomic mass is 32.1. The smallest absolute Gasteiger partial charge is 0.306 e. The Morgan fingerprint density at radius 3 is 2.61 bits per heavy atom. The fourth-order valence-electron chi connectivity index (χ4n) is 4.35. The molecule has 6 nitrogen and oxygen atoms in total. The van der Waals surface area contributed by atoms with Gasteiger partial charge in [0.25, 0.3) is 0 Å².